The second kappa shape index (κ2) is 9.37. The quantitative estimate of drug-likeness (QED) is 0.247. The summed E-state index contributed by atoms with van der Waals surface area (Å²) < 4.78 is 2.29. The molecule has 0 amide bonds. The van der Waals surface area contributed by atoms with Gasteiger partial charge in [0.1, 0.15) is 0 Å². The normalized spacial score (nSPS) is 11.1. The largest absolute Gasteiger partial charge is 0.309 e. The van der Waals surface area contributed by atoms with Crippen LogP contribution in [-0.2, 0) is 0 Å². The fourth-order valence-electron chi connectivity index (χ4n) is 5.01. The Morgan fingerprint density at radius 3 is 1.72 bits per heavy atom. The molecule has 0 spiro atoms. The van der Waals surface area contributed by atoms with Crippen molar-refractivity contribution >= 4 is 21.8 Å². The monoisotopic (exact) mass is 499 g/mol. The Hall–Kier alpha value is -5.60. The number of para-hydroxylation sites is 2. The lowest BCUT2D eigenvalue weighted by Crippen LogP contribution is -2.00. The van der Waals surface area contributed by atoms with E-state index in [4.69, 9.17) is 15.0 Å². The minimum Gasteiger partial charge on any atom is -0.309 e. The third-order valence-electron chi connectivity index (χ3n) is 6.89. The molecule has 0 saturated carbocycles. The van der Waals surface area contributed by atoms with Crippen molar-refractivity contribution in [1.82, 2.24) is 19.5 Å². The standard InChI is InChI=1S/C34H21N5/c35-22-23-15-17-25(18-16-23)33-36-32(24-9-3-1-4-10-24)37-34(38-33)26-19-20-29-28-13-7-8-14-30(28)39(31(29)21-26)27-11-5-2-6-12-27/h1-21H. The van der Waals surface area contributed by atoms with Gasteiger partial charge in [-0.05, 0) is 48.5 Å². The molecule has 0 aliphatic rings. The zero-order chi connectivity index (χ0) is 26.2. The lowest BCUT2D eigenvalue weighted by molar-refractivity contribution is 1.07. The topological polar surface area (TPSA) is 67.4 Å². The highest BCUT2D eigenvalue weighted by Crippen LogP contribution is 2.34. The summed E-state index contributed by atoms with van der Waals surface area (Å²) in [6.45, 7) is 0. The summed E-state index contributed by atoms with van der Waals surface area (Å²) in [6.07, 6.45) is 0. The van der Waals surface area contributed by atoms with Crippen molar-refractivity contribution in [2.75, 3.05) is 0 Å². The van der Waals surface area contributed by atoms with Crippen LogP contribution in [0.4, 0.5) is 0 Å². The van der Waals surface area contributed by atoms with Crippen LogP contribution in [0.1, 0.15) is 5.56 Å². The molecule has 5 heteroatoms. The number of nitriles is 1. The third kappa shape index (κ3) is 4.01. The minimum atomic E-state index is 0.562. The van der Waals surface area contributed by atoms with E-state index in [0.29, 0.717) is 23.0 Å². The Kier molecular flexibility index (Phi) is 5.42. The Morgan fingerprint density at radius 1 is 0.487 bits per heavy atom. The van der Waals surface area contributed by atoms with Gasteiger partial charge in [0.15, 0.2) is 17.5 Å². The summed E-state index contributed by atoms with van der Waals surface area (Å²) in [5, 5.41) is 11.6. The second-order valence-corrected chi connectivity index (χ2v) is 9.28. The first-order valence-electron chi connectivity index (χ1n) is 12.7. The van der Waals surface area contributed by atoms with Gasteiger partial charge < -0.3 is 4.57 Å². The number of nitrogens with zero attached hydrogens (tertiary/aromatic N) is 5. The van der Waals surface area contributed by atoms with Gasteiger partial charge in [-0.2, -0.15) is 5.26 Å². The molecule has 0 radical (unpaired) electrons. The number of fused-ring (bicyclic) bond motifs is 3. The molecule has 0 saturated heterocycles. The molecule has 5 nitrogen and oxygen atoms in total. The second-order valence-electron chi connectivity index (χ2n) is 9.28. The van der Waals surface area contributed by atoms with E-state index in [1.807, 2.05) is 48.5 Å². The molecular formula is C34H21N5. The Balaban J connectivity index is 1.47. The van der Waals surface area contributed by atoms with Crippen LogP contribution in [0, 0.1) is 11.3 Å². The van der Waals surface area contributed by atoms with Crippen molar-refractivity contribution in [3.63, 3.8) is 0 Å². The molecule has 7 rings (SSSR count). The van der Waals surface area contributed by atoms with Crippen molar-refractivity contribution in [3.05, 3.63) is 133 Å². The summed E-state index contributed by atoms with van der Waals surface area (Å²) >= 11 is 0. The van der Waals surface area contributed by atoms with Crippen molar-refractivity contribution in [2.24, 2.45) is 0 Å². The number of hydrogen-bond acceptors (Lipinski definition) is 4. The predicted molar refractivity (Wildman–Crippen MR) is 155 cm³/mol. The lowest BCUT2D eigenvalue weighted by atomic mass is 10.1. The van der Waals surface area contributed by atoms with Gasteiger partial charge in [0, 0.05) is 33.2 Å². The first kappa shape index (κ1) is 22.6. The summed E-state index contributed by atoms with van der Waals surface area (Å²) in [7, 11) is 0. The highest BCUT2D eigenvalue weighted by Gasteiger charge is 2.16. The van der Waals surface area contributed by atoms with Crippen LogP contribution in [0.15, 0.2) is 127 Å². The summed E-state index contributed by atoms with van der Waals surface area (Å²) in [6, 6.07) is 44.7. The van der Waals surface area contributed by atoms with Crippen LogP contribution in [0.25, 0.3) is 61.7 Å². The van der Waals surface area contributed by atoms with E-state index in [2.05, 4.69) is 77.4 Å². The number of benzene rings is 5. The maximum absolute atomic E-state index is 9.24. The molecule has 0 atom stereocenters. The molecule has 7 aromatic rings. The molecule has 0 aliphatic heterocycles. The molecule has 0 unspecified atom stereocenters. The van der Waals surface area contributed by atoms with Gasteiger partial charge in [-0.25, -0.2) is 15.0 Å². The Bertz CT molecular complexity index is 2000. The molecule has 0 aliphatic carbocycles. The molecule has 0 N–H and O–H groups in total. The average molecular weight is 500 g/mol. The van der Waals surface area contributed by atoms with Gasteiger partial charge in [-0.1, -0.05) is 78.9 Å². The molecule has 0 bridgehead atoms. The maximum Gasteiger partial charge on any atom is 0.164 e. The first-order valence-corrected chi connectivity index (χ1v) is 12.7. The Labute approximate surface area is 225 Å². The van der Waals surface area contributed by atoms with Gasteiger partial charge in [-0.3, -0.25) is 0 Å². The van der Waals surface area contributed by atoms with Gasteiger partial charge >= 0.3 is 0 Å². The van der Waals surface area contributed by atoms with Crippen molar-refractivity contribution in [2.45, 2.75) is 0 Å². The van der Waals surface area contributed by atoms with Crippen molar-refractivity contribution < 1.29 is 0 Å². The predicted octanol–water partition coefficient (Wildman–Crippen LogP) is 7.84. The molecule has 0 fully saturated rings. The summed E-state index contributed by atoms with van der Waals surface area (Å²) in [4.78, 5) is 14.6. The van der Waals surface area contributed by atoms with E-state index in [-0.39, 0.29) is 0 Å². The fraction of sp³-hybridized carbons (Fsp3) is 0. The molecule has 2 heterocycles. The van der Waals surface area contributed by atoms with Crippen molar-refractivity contribution in [3.8, 4) is 45.9 Å². The third-order valence-corrected chi connectivity index (χ3v) is 6.89. The van der Waals surface area contributed by atoms with Crippen LogP contribution in [-0.4, -0.2) is 19.5 Å². The smallest absolute Gasteiger partial charge is 0.164 e. The highest BCUT2D eigenvalue weighted by atomic mass is 15.0. The fourth-order valence-corrected chi connectivity index (χ4v) is 5.01. The van der Waals surface area contributed by atoms with Gasteiger partial charge in [-0.15, -0.1) is 0 Å². The van der Waals surface area contributed by atoms with E-state index >= 15 is 0 Å². The molecule has 182 valence electrons. The zero-order valence-corrected chi connectivity index (χ0v) is 20.9. The SMILES string of the molecule is N#Cc1ccc(-c2nc(-c3ccccc3)nc(-c3ccc4c5ccccc5n(-c5ccccc5)c4c3)n2)cc1. The number of aromatic nitrogens is 4. The van der Waals surface area contributed by atoms with Crippen LogP contribution in [0.2, 0.25) is 0 Å². The van der Waals surface area contributed by atoms with Crippen LogP contribution in [0.3, 0.4) is 0 Å². The van der Waals surface area contributed by atoms with E-state index in [1.54, 1.807) is 12.1 Å². The van der Waals surface area contributed by atoms with Crippen LogP contribution in [0.5, 0.6) is 0 Å². The Morgan fingerprint density at radius 2 is 1.03 bits per heavy atom. The minimum absolute atomic E-state index is 0.562. The molecule has 2 aromatic heterocycles. The van der Waals surface area contributed by atoms with E-state index < -0.39 is 0 Å². The van der Waals surface area contributed by atoms with Gasteiger partial charge in [0.25, 0.3) is 0 Å². The van der Waals surface area contributed by atoms with Crippen LogP contribution < -0.4 is 0 Å². The summed E-state index contributed by atoms with van der Waals surface area (Å²) in [5.41, 5.74) is 6.56. The van der Waals surface area contributed by atoms with Crippen molar-refractivity contribution in [1.29, 1.82) is 5.26 Å². The maximum atomic E-state index is 9.24. The lowest BCUT2D eigenvalue weighted by Gasteiger charge is -2.10. The van der Waals surface area contributed by atoms with Crippen LogP contribution >= 0.6 is 0 Å². The summed E-state index contributed by atoms with van der Waals surface area (Å²) in [5.74, 6) is 1.76. The van der Waals surface area contributed by atoms with E-state index in [1.165, 1.54) is 10.8 Å². The van der Waals surface area contributed by atoms with Gasteiger partial charge in [0.05, 0.1) is 22.7 Å². The van der Waals surface area contributed by atoms with Gasteiger partial charge in [0.2, 0.25) is 0 Å². The van der Waals surface area contributed by atoms with E-state index in [0.717, 1.165) is 33.4 Å². The molecular weight excluding hydrogens is 478 g/mol. The average Bonchev–Trinajstić information content (AvgIpc) is 3.35. The number of rotatable bonds is 4. The molecule has 5 aromatic carbocycles. The van der Waals surface area contributed by atoms with E-state index in [9.17, 15) is 5.26 Å². The zero-order valence-electron chi connectivity index (χ0n) is 20.9. The highest BCUT2D eigenvalue weighted by molar-refractivity contribution is 6.10. The first-order chi connectivity index (χ1) is 19.3. The molecule has 39 heavy (non-hydrogen) atoms. The number of hydrogen-bond donors (Lipinski definition) is 0.